The Morgan fingerprint density at radius 2 is 2.07 bits per heavy atom. The topological polar surface area (TPSA) is 29.5 Å². The second-order valence-electron chi connectivity index (χ2n) is 3.81. The summed E-state index contributed by atoms with van der Waals surface area (Å²) in [4.78, 5) is 0. The zero-order chi connectivity index (χ0) is 10.3. The third kappa shape index (κ3) is 1.44. The number of benzene rings is 1. The number of methoxy groups -OCH3 is 1. The number of rotatable bonds is 2. The van der Waals surface area contributed by atoms with Gasteiger partial charge in [-0.3, -0.25) is 0 Å². The molecule has 76 valence electrons. The minimum Gasteiger partial charge on any atom is -0.496 e. The molecule has 2 rings (SSSR count). The molecule has 3 heteroatoms. The highest BCUT2D eigenvalue weighted by Crippen LogP contribution is 2.52. The molecule has 0 atom stereocenters. The lowest BCUT2D eigenvalue weighted by molar-refractivity contribution is 0.146. The fourth-order valence-corrected chi connectivity index (χ4v) is 2.33. The van der Waals surface area contributed by atoms with Gasteiger partial charge in [-0.25, -0.2) is 0 Å². The van der Waals surface area contributed by atoms with Gasteiger partial charge < -0.3 is 9.84 Å². The quantitative estimate of drug-likeness (QED) is 0.882. The number of hydrogen-bond acceptors (Lipinski definition) is 2. The van der Waals surface area contributed by atoms with Crippen LogP contribution in [-0.4, -0.2) is 12.2 Å². The van der Waals surface area contributed by atoms with E-state index in [-0.39, 0.29) is 0 Å². The molecule has 1 aliphatic carbocycles. The number of halogens is 1. The third-order valence-electron chi connectivity index (χ3n) is 2.71. The fraction of sp³-hybridized carbons (Fsp3) is 0.455. The highest BCUT2D eigenvalue weighted by atomic mass is 79.9. The lowest BCUT2D eigenvalue weighted by Crippen LogP contribution is -2.08. The zero-order valence-corrected chi connectivity index (χ0v) is 9.89. The monoisotopic (exact) mass is 256 g/mol. The first-order valence-electron chi connectivity index (χ1n) is 4.64. The summed E-state index contributed by atoms with van der Waals surface area (Å²) in [6.45, 7) is 2.01. The normalized spacial score (nSPS) is 18.0. The Balaban J connectivity index is 2.59. The Morgan fingerprint density at radius 3 is 2.57 bits per heavy atom. The first kappa shape index (κ1) is 9.99. The van der Waals surface area contributed by atoms with Gasteiger partial charge in [0, 0.05) is 10.0 Å². The molecule has 1 aliphatic rings. The van der Waals surface area contributed by atoms with Gasteiger partial charge in [0.25, 0.3) is 0 Å². The van der Waals surface area contributed by atoms with Crippen LogP contribution in [0.1, 0.15) is 24.0 Å². The minimum atomic E-state index is -0.657. The van der Waals surface area contributed by atoms with Gasteiger partial charge in [0.15, 0.2) is 0 Å². The van der Waals surface area contributed by atoms with E-state index in [0.29, 0.717) is 0 Å². The molecule has 2 nitrogen and oxygen atoms in total. The van der Waals surface area contributed by atoms with Crippen molar-refractivity contribution in [3.05, 3.63) is 27.7 Å². The van der Waals surface area contributed by atoms with Crippen molar-refractivity contribution in [2.24, 2.45) is 0 Å². The first-order chi connectivity index (χ1) is 6.58. The van der Waals surface area contributed by atoms with Crippen molar-refractivity contribution in [1.82, 2.24) is 0 Å². The largest absolute Gasteiger partial charge is 0.496 e. The van der Waals surface area contributed by atoms with Gasteiger partial charge in [-0.15, -0.1) is 0 Å². The van der Waals surface area contributed by atoms with Crippen LogP contribution in [-0.2, 0) is 5.60 Å². The van der Waals surface area contributed by atoms with E-state index in [4.69, 9.17) is 4.74 Å². The van der Waals surface area contributed by atoms with Crippen molar-refractivity contribution in [3.63, 3.8) is 0 Å². The molecule has 1 N–H and O–H groups in total. The third-order valence-corrected chi connectivity index (χ3v) is 3.73. The van der Waals surface area contributed by atoms with Crippen LogP contribution in [0.3, 0.4) is 0 Å². The van der Waals surface area contributed by atoms with Crippen molar-refractivity contribution < 1.29 is 9.84 Å². The molecule has 1 aromatic carbocycles. The molecule has 1 saturated carbocycles. The zero-order valence-electron chi connectivity index (χ0n) is 8.30. The van der Waals surface area contributed by atoms with Crippen molar-refractivity contribution in [3.8, 4) is 5.75 Å². The van der Waals surface area contributed by atoms with Gasteiger partial charge in [-0.1, -0.05) is 6.07 Å². The van der Waals surface area contributed by atoms with E-state index in [1.165, 1.54) is 0 Å². The summed E-state index contributed by atoms with van der Waals surface area (Å²) in [6.07, 6.45) is 1.65. The van der Waals surface area contributed by atoms with Crippen molar-refractivity contribution in [1.29, 1.82) is 0 Å². The van der Waals surface area contributed by atoms with Crippen LogP contribution >= 0.6 is 15.9 Å². The smallest absolute Gasteiger partial charge is 0.126 e. The van der Waals surface area contributed by atoms with Crippen molar-refractivity contribution in [2.45, 2.75) is 25.4 Å². The molecular weight excluding hydrogens is 244 g/mol. The summed E-state index contributed by atoms with van der Waals surface area (Å²) >= 11 is 3.51. The Bertz CT molecular complexity index is 370. The predicted octanol–water partition coefficient (Wildman–Crippen LogP) is 2.75. The number of hydrogen-bond donors (Lipinski definition) is 1. The molecule has 1 aromatic rings. The molecule has 0 amide bonds. The van der Waals surface area contributed by atoms with E-state index in [1.807, 2.05) is 19.1 Å². The molecule has 0 aliphatic heterocycles. The lowest BCUT2D eigenvalue weighted by Gasteiger charge is -2.16. The summed E-state index contributed by atoms with van der Waals surface area (Å²) in [5, 5.41) is 10.1. The Hall–Kier alpha value is -0.540. The Kier molecular flexibility index (Phi) is 2.32. The first-order valence-corrected chi connectivity index (χ1v) is 5.44. The summed E-state index contributed by atoms with van der Waals surface area (Å²) in [5.41, 5.74) is 1.37. The van der Waals surface area contributed by atoms with Crippen LogP contribution in [0.15, 0.2) is 16.6 Å². The van der Waals surface area contributed by atoms with Crippen LogP contribution < -0.4 is 4.74 Å². The fourth-order valence-electron chi connectivity index (χ4n) is 1.63. The highest BCUT2D eigenvalue weighted by Gasteiger charge is 2.45. The van der Waals surface area contributed by atoms with Gasteiger partial charge in [0.2, 0.25) is 0 Å². The second kappa shape index (κ2) is 3.24. The van der Waals surface area contributed by atoms with Crippen molar-refractivity contribution in [2.75, 3.05) is 7.11 Å². The van der Waals surface area contributed by atoms with Gasteiger partial charge in [0.05, 0.1) is 12.7 Å². The average molecular weight is 257 g/mol. The van der Waals surface area contributed by atoms with E-state index in [1.54, 1.807) is 7.11 Å². The molecule has 0 bridgehead atoms. The van der Waals surface area contributed by atoms with Crippen LogP contribution in [0, 0.1) is 6.92 Å². The van der Waals surface area contributed by atoms with Crippen LogP contribution in [0.2, 0.25) is 0 Å². The second-order valence-corrected chi connectivity index (χ2v) is 4.60. The average Bonchev–Trinajstić information content (AvgIpc) is 2.89. The Morgan fingerprint density at radius 1 is 1.43 bits per heavy atom. The number of aryl methyl sites for hydroxylation is 1. The van der Waals surface area contributed by atoms with E-state index >= 15 is 0 Å². The minimum absolute atomic E-state index is 0.657. The summed E-state index contributed by atoms with van der Waals surface area (Å²) in [6, 6.07) is 3.89. The number of ether oxygens (including phenoxy) is 1. The molecule has 0 aromatic heterocycles. The molecule has 0 spiro atoms. The Labute approximate surface area is 92.0 Å². The van der Waals surface area contributed by atoms with E-state index in [0.717, 1.165) is 34.2 Å². The lowest BCUT2D eigenvalue weighted by atomic mass is 10.0. The molecule has 0 radical (unpaired) electrons. The maximum Gasteiger partial charge on any atom is 0.126 e. The SMILES string of the molecule is COc1ccc(C)c(Br)c1C1(O)CC1. The maximum atomic E-state index is 10.1. The molecule has 14 heavy (non-hydrogen) atoms. The predicted molar refractivity (Wildman–Crippen MR) is 58.6 cm³/mol. The standard InChI is InChI=1S/C11H13BrO2/c1-7-3-4-8(14-2)9(10(7)12)11(13)5-6-11/h3-4,13H,5-6H2,1-2H3. The molecule has 1 fully saturated rings. The summed E-state index contributed by atoms with van der Waals surface area (Å²) < 4.78 is 6.23. The number of aliphatic hydroxyl groups is 1. The van der Waals surface area contributed by atoms with Gasteiger partial charge in [0.1, 0.15) is 5.75 Å². The van der Waals surface area contributed by atoms with Crippen LogP contribution in [0.4, 0.5) is 0 Å². The molecule has 0 unspecified atom stereocenters. The summed E-state index contributed by atoms with van der Waals surface area (Å²) in [7, 11) is 1.63. The molecule has 0 saturated heterocycles. The molecular formula is C11H13BrO2. The molecule has 0 heterocycles. The van der Waals surface area contributed by atoms with Crippen LogP contribution in [0.25, 0.3) is 0 Å². The van der Waals surface area contributed by atoms with Gasteiger partial charge >= 0.3 is 0 Å². The van der Waals surface area contributed by atoms with Crippen molar-refractivity contribution >= 4 is 15.9 Å². The van der Waals surface area contributed by atoms with E-state index in [2.05, 4.69) is 15.9 Å². The highest BCUT2D eigenvalue weighted by molar-refractivity contribution is 9.10. The van der Waals surface area contributed by atoms with E-state index in [9.17, 15) is 5.11 Å². The van der Waals surface area contributed by atoms with Gasteiger partial charge in [-0.2, -0.15) is 0 Å². The summed E-state index contributed by atoms with van der Waals surface area (Å²) in [5.74, 6) is 0.766. The maximum absolute atomic E-state index is 10.1. The van der Waals surface area contributed by atoms with Crippen LogP contribution in [0.5, 0.6) is 5.75 Å². The van der Waals surface area contributed by atoms with E-state index < -0.39 is 5.60 Å². The van der Waals surface area contributed by atoms with Gasteiger partial charge in [-0.05, 0) is 47.3 Å².